The molecule has 1 rings (SSSR count). The number of hydrogen-bond donors (Lipinski definition) is 2. The van der Waals surface area contributed by atoms with Gasteiger partial charge in [-0.1, -0.05) is 0 Å². The van der Waals surface area contributed by atoms with Gasteiger partial charge in [0.15, 0.2) is 0 Å². The number of carboxylic acid groups (broad SMARTS) is 1. The summed E-state index contributed by atoms with van der Waals surface area (Å²) < 4.78 is 0. The lowest BCUT2D eigenvalue weighted by atomic mass is 9.75. The first-order chi connectivity index (χ1) is 6.20. The van der Waals surface area contributed by atoms with Gasteiger partial charge >= 0.3 is 5.97 Å². The van der Waals surface area contributed by atoms with Gasteiger partial charge in [0.2, 0.25) is 0 Å². The summed E-state index contributed by atoms with van der Waals surface area (Å²) in [5.41, 5.74) is 0.365. The van der Waals surface area contributed by atoms with Crippen LogP contribution in [0.5, 0.6) is 0 Å². The van der Waals surface area contributed by atoms with Crippen LogP contribution >= 0.6 is 0 Å². The third-order valence-corrected chi connectivity index (χ3v) is 2.87. The van der Waals surface area contributed by atoms with Gasteiger partial charge in [0.05, 0.1) is 11.1 Å². The van der Waals surface area contributed by atoms with Crippen molar-refractivity contribution in [3.05, 3.63) is 0 Å². The lowest BCUT2D eigenvalue weighted by Gasteiger charge is -2.42. The molecule has 1 aliphatic rings. The van der Waals surface area contributed by atoms with E-state index in [1.807, 2.05) is 0 Å². The molecule has 0 saturated carbocycles. The molecule has 0 aromatic heterocycles. The van der Waals surface area contributed by atoms with Crippen LogP contribution in [-0.4, -0.2) is 22.2 Å². The smallest absolute Gasteiger partial charge is 0.303 e. The van der Waals surface area contributed by atoms with E-state index in [0.717, 1.165) is 12.8 Å². The Morgan fingerprint density at radius 3 is 2.07 bits per heavy atom. The molecule has 1 fully saturated rings. The Morgan fingerprint density at radius 1 is 1.29 bits per heavy atom. The average Bonchev–Trinajstić information content (AvgIpc) is 1.74. The van der Waals surface area contributed by atoms with Crippen LogP contribution in [-0.2, 0) is 4.79 Å². The lowest BCUT2D eigenvalue weighted by Crippen LogP contribution is -3.05. The first-order valence-electron chi connectivity index (χ1n) is 5.29. The summed E-state index contributed by atoms with van der Waals surface area (Å²) in [6, 6.07) is 0. The van der Waals surface area contributed by atoms with Gasteiger partial charge in [0.25, 0.3) is 0 Å². The first kappa shape index (κ1) is 11.5. The number of piperidine rings is 1. The standard InChI is InChI=1S/C11H21NO2/c1-10(2)6-8(5-9(13)14)7-11(3,4)12-10/h8,12H,5-7H2,1-4H3,(H,13,14)/p+1. The van der Waals surface area contributed by atoms with E-state index in [2.05, 4.69) is 33.0 Å². The van der Waals surface area contributed by atoms with Crippen LogP contribution in [0.2, 0.25) is 0 Å². The molecule has 1 aliphatic heterocycles. The third-order valence-electron chi connectivity index (χ3n) is 2.87. The highest BCUT2D eigenvalue weighted by Crippen LogP contribution is 2.29. The predicted molar refractivity (Wildman–Crippen MR) is 55.1 cm³/mol. The average molecular weight is 200 g/mol. The molecule has 0 aromatic carbocycles. The van der Waals surface area contributed by atoms with Crippen molar-refractivity contribution < 1.29 is 15.2 Å². The highest BCUT2D eigenvalue weighted by atomic mass is 16.4. The van der Waals surface area contributed by atoms with Gasteiger partial charge in [-0.2, -0.15) is 0 Å². The van der Waals surface area contributed by atoms with Crippen LogP contribution in [0.4, 0.5) is 0 Å². The molecule has 0 aliphatic carbocycles. The normalized spacial score (nSPS) is 26.0. The van der Waals surface area contributed by atoms with Crippen molar-refractivity contribution in [2.75, 3.05) is 0 Å². The molecular weight excluding hydrogens is 178 g/mol. The fraction of sp³-hybridized carbons (Fsp3) is 0.909. The topological polar surface area (TPSA) is 53.9 Å². The second-order valence-corrected chi connectivity index (χ2v) is 5.99. The number of carbonyl (C=O) groups is 1. The van der Waals surface area contributed by atoms with Gasteiger partial charge in [-0.25, -0.2) is 0 Å². The quantitative estimate of drug-likeness (QED) is 0.698. The summed E-state index contributed by atoms with van der Waals surface area (Å²) in [4.78, 5) is 10.7. The van der Waals surface area contributed by atoms with E-state index in [-0.39, 0.29) is 11.1 Å². The van der Waals surface area contributed by atoms with Crippen LogP contribution in [0.25, 0.3) is 0 Å². The first-order valence-corrected chi connectivity index (χ1v) is 5.29. The number of nitrogens with two attached hydrogens (primary N) is 1. The van der Waals surface area contributed by atoms with Crippen LogP contribution in [0.15, 0.2) is 0 Å². The summed E-state index contributed by atoms with van der Waals surface area (Å²) in [6.45, 7) is 8.79. The van der Waals surface area contributed by atoms with E-state index in [1.54, 1.807) is 0 Å². The van der Waals surface area contributed by atoms with E-state index in [1.165, 1.54) is 0 Å². The van der Waals surface area contributed by atoms with Crippen LogP contribution in [0, 0.1) is 5.92 Å². The minimum Gasteiger partial charge on any atom is -0.481 e. The highest BCUT2D eigenvalue weighted by Gasteiger charge is 2.41. The van der Waals surface area contributed by atoms with Crippen molar-refractivity contribution >= 4 is 5.97 Å². The summed E-state index contributed by atoms with van der Waals surface area (Å²) in [7, 11) is 0. The molecule has 0 atom stereocenters. The molecule has 14 heavy (non-hydrogen) atoms. The molecule has 0 radical (unpaired) electrons. The molecule has 0 unspecified atom stereocenters. The number of hydrogen-bond acceptors (Lipinski definition) is 1. The van der Waals surface area contributed by atoms with Crippen LogP contribution < -0.4 is 5.32 Å². The number of carboxylic acids is 1. The Morgan fingerprint density at radius 2 is 1.71 bits per heavy atom. The van der Waals surface area contributed by atoms with Crippen molar-refractivity contribution in [1.29, 1.82) is 0 Å². The minimum absolute atomic E-state index is 0.182. The van der Waals surface area contributed by atoms with Crippen molar-refractivity contribution in [3.63, 3.8) is 0 Å². The molecule has 0 spiro atoms. The zero-order valence-corrected chi connectivity index (χ0v) is 9.63. The van der Waals surface area contributed by atoms with Gasteiger partial charge in [0.1, 0.15) is 0 Å². The second kappa shape index (κ2) is 3.54. The van der Waals surface area contributed by atoms with Crippen LogP contribution in [0.3, 0.4) is 0 Å². The Hall–Kier alpha value is -0.570. The van der Waals surface area contributed by atoms with Gasteiger partial charge in [-0.15, -0.1) is 0 Å². The Balaban J connectivity index is 2.66. The predicted octanol–water partition coefficient (Wildman–Crippen LogP) is 0.992. The molecule has 1 heterocycles. The summed E-state index contributed by atoms with van der Waals surface area (Å²) in [5, 5.41) is 11.2. The molecule has 0 aromatic rings. The second-order valence-electron chi connectivity index (χ2n) is 5.99. The van der Waals surface area contributed by atoms with Gasteiger partial charge in [-0.05, 0) is 33.6 Å². The Bertz CT molecular complexity index is 217. The largest absolute Gasteiger partial charge is 0.481 e. The summed E-state index contributed by atoms with van der Waals surface area (Å²) >= 11 is 0. The van der Waals surface area contributed by atoms with E-state index in [4.69, 9.17) is 5.11 Å². The molecule has 1 saturated heterocycles. The van der Waals surface area contributed by atoms with E-state index in [0.29, 0.717) is 12.3 Å². The lowest BCUT2D eigenvalue weighted by molar-refractivity contribution is -0.789. The van der Waals surface area contributed by atoms with Gasteiger partial charge in [0, 0.05) is 19.3 Å². The fourth-order valence-electron chi connectivity index (χ4n) is 3.13. The Kier molecular flexibility index (Phi) is 2.91. The van der Waals surface area contributed by atoms with E-state index >= 15 is 0 Å². The molecule has 3 N–H and O–H groups in total. The molecule has 3 heteroatoms. The SMILES string of the molecule is CC1(C)CC(CC(=O)O)CC(C)(C)[NH2+]1. The van der Waals surface area contributed by atoms with Crippen molar-refractivity contribution in [3.8, 4) is 0 Å². The zero-order chi connectivity index (χ0) is 11.0. The molecular formula is C11H22NO2+. The maximum atomic E-state index is 10.7. The maximum Gasteiger partial charge on any atom is 0.303 e. The van der Waals surface area contributed by atoms with Crippen molar-refractivity contribution in [1.82, 2.24) is 0 Å². The van der Waals surface area contributed by atoms with Crippen LogP contribution in [0.1, 0.15) is 47.0 Å². The highest BCUT2D eigenvalue weighted by molar-refractivity contribution is 5.67. The monoisotopic (exact) mass is 200 g/mol. The van der Waals surface area contributed by atoms with Crippen molar-refractivity contribution in [2.24, 2.45) is 5.92 Å². The number of quaternary nitrogens is 1. The maximum absolute atomic E-state index is 10.7. The zero-order valence-electron chi connectivity index (χ0n) is 9.63. The number of rotatable bonds is 2. The van der Waals surface area contributed by atoms with E-state index < -0.39 is 5.97 Å². The minimum atomic E-state index is -0.663. The molecule has 0 amide bonds. The van der Waals surface area contributed by atoms with Gasteiger partial charge < -0.3 is 10.4 Å². The molecule has 82 valence electrons. The Labute approximate surface area is 85.9 Å². The number of aliphatic carboxylic acids is 1. The van der Waals surface area contributed by atoms with E-state index in [9.17, 15) is 4.79 Å². The molecule has 0 bridgehead atoms. The van der Waals surface area contributed by atoms with Gasteiger partial charge in [-0.3, -0.25) is 4.79 Å². The van der Waals surface area contributed by atoms with Crippen molar-refractivity contribution in [2.45, 2.75) is 58.0 Å². The summed E-state index contributed by atoms with van der Waals surface area (Å²) in [6.07, 6.45) is 2.33. The fourth-order valence-corrected chi connectivity index (χ4v) is 3.13. The summed E-state index contributed by atoms with van der Waals surface area (Å²) in [5.74, 6) is -0.328. The molecule has 3 nitrogen and oxygen atoms in total. The third kappa shape index (κ3) is 3.29.